The average molecular weight is 917 g/mol. The summed E-state index contributed by atoms with van der Waals surface area (Å²) in [6.45, 7) is 25.3. The minimum atomic E-state index is -0.547. The van der Waals surface area contributed by atoms with E-state index in [1.54, 1.807) is 0 Å². The number of nitrogens with zero attached hydrogens (tertiary/aromatic N) is 5. The van der Waals surface area contributed by atoms with Crippen LogP contribution in [0.3, 0.4) is 0 Å². The Morgan fingerprint density at radius 2 is 0.773 bits per heavy atom. The third-order valence-corrected chi connectivity index (χ3v) is 12.6. The molecule has 7 aromatic rings. The number of hydroxylamine groups is 1. The molecular formula is C59H56N5OZn. The molecule has 0 N–H and O–H groups in total. The second-order valence-electron chi connectivity index (χ2n) is 19.1. The molecule has 6 nitrogen and oxygen atoms in total. The summed E-state index contributed by atoms with van der Waals surface area (Å²) in [5.41, 5.74) is 25.6. The Kier molecular flexibility index (Phi) is 12.4. The number of hydrogen-bond donors (Lipinski definition) is 0. The maximum Gasteiger partial charge on any atom is 2.00 e. The van der Waals surface area contributed by atoms with Crippen LogP contribution in [0.25, 0.3) is 91.9 Å². The van der Waals surface area contributed by atoms with Gasteiger partial charge in [0.1, 0.15) is 0 Å². The first-order chi connectivity index (χ1) is 30.9. The first-order valence-electron chi connectivity index (χ1n) is 22.5. The minimum absolute atomic E-state index is 0. The van der Waals surface area contributed by atoms with E-state index in [0.29, 0.717) is 5.69 Å². The molecule has 0 atom stereocenters. The number of aryl methyl sites for hydroxylation is 9. The maximum absolute atomic E-state index is 13.0. The zero-order valence-corrected chi connectivity index (χ0v) is 43.4. The predicted octanol–water partition coefficient (Wildman–Crippen LogP) is 14.8. The Bertz CT molecular complexity index is 3230. The molecule has 325 valence electrons. The van der Waals surface area contributed by atoms with Crippen LogP contribution in [0.2, 0.25) is 0 Å². The molecule has 2 aliphatic heterocycles. The van der Waals surface area contributed by atoms with E-state index in [0.717, 1.165) is 94.4 Å². The molecule has 0 unspecified atom stereocenters. The van der Waals surface area contributed by atoms with E-state index in [1.807, 2.05) is 45.0 Å². The van der Waals surface area contributed by atoms with Crippen LogP contribution in [0.15, 0.2) is 84.9 Å². The Labute approximate surface area is 402 Å². The molecule has 0 spiro atoms. The minimum Gasteiger partial charge on any atom is -0.657 e. The number of rotatable bonds is 6. The summed E-state index contributed by atoms with van der Waals surface area (Å²) in [5, 5.41) is 14.1. The maximum atomic E-state index is 13.0. The van der Waals surface area contributed by atoms with E-state index in [1.165, 1.54) is 50.1 Å². The number of fused-ring (bicyclic) bond motifs is 8. The normalized spacial score (nSPS) is 12.3. The summed E-state index contributed by atoms with van der Waals surface area (Å²) in [6, 6.07) is 29.7. The van der Waals surface area contributed by atoms with Gasteiger partial charge < -0.3 is 9.97 Å². The van der Waals surface area contributed by atoms with Crippen LogP contribution in [0, 0.1) is 62.3 Å². The quantitative estimate of drug-likeness (QED) is 0.123. The van der Waals surface area contributed by atoms with Crippen molar-refractivity contribution in [3.8, 4) is 33.4 Å². The van der Waals surface area contributed by atoms with Crippen LogP contribution in [0.5, 0.6) is 0 Å². The van der Waals surface area contributed by atoms with Gasteiger partial charge in [-0.1, -0.05) is 107 Å². The van der Waals surface area contributed by atoms with E-state index in [-0.39, 0.29) is 19.5 Å². The van der Waals surface area contributed by atoms with Gasteiger partial charge in [0, 0.05) is 0 Å². The van der Waals surface area contributed by atoms with Crippen molar-refractivity contribution in [2.75, 3.05) is 5.06 Å². The molecule has 0 saturated heterocycles. The van der Waals surface area contributed by atoms with Crippen LogP contribution in [-0.4, -0.2) is 15.5 Å². The number of aromatic nitrogens is 4. The van der Waals surface area contributed by atoms with Crippen LogP contribution >= 0.6 is 0 Å². The van der Waals surface area contributed by atoms with Gasteiger partial charge in [0.25, 0.3) is 0 Å². The molecule has 4 aromatic carbocycles. The molecule has 0 fully saturated rings. The summed E-state index contributed by atoms with van der Waals surface area (Å²) in [4.78, 5) is 22.1. The molecule has 9 rings (SSSR count). The van der Waals surface area contributed by atoms with Crippen LogP contribution in [0.1, 0.15) is 105 Å². The van der Waals surface area contributed by atoms with Gasteiger partial charge in [0.15, 0.2) is 0 Å². The SMILES string of the molecule is Cc1cc(C)c(-c2c3nc(c(-c4c(C)cc(C)cc4C)c4ccc([n-]4)c(-c4c(C)cc(C)cc4C)c4nc(c(/C=C/c5ccc(N([O])C(C)(C)C)cc5)c5ccc2[n-]5)C=C4)C=C3)c(C)c1.[Zn+2]. The molecule has 66 heavy (non-hydrogen) atoms. The van der Waals surface area contributed by atoms with Crippen molar-refractivity contribution in [3.05, 3.63) is 169 Å². The van der Waals surface area contributed by atoms with Gasteiger partial charge >= 0.3 is 19.5 Å². The second-order valence-corrected chi connectivity index (χ2v) is 19.1. The van der Waals surface area contributed by atoms with Gasteiger partial charge in [-0.3, -0.25) is 0 Å². The van der Waals surface area contributed by atoms with Gasteiger partial charge in [-0.15, -0.1) is 22.1 Å². The van der Waals surface area contributed by atoms with Crippen LogP contribution in [-0.2, 0) is 24.7 Å². The third kappa shape index (κ3) is 8.59. The first-order valence-corrected chi connectivity index (χ1v) is 22.5. The molecule has 2 aliphatic rings. The van der Waals surface area contributed by atoms with E-state index in [2.05, 4.69) is 159 Å². The molecule has 0 aliphatic carbocycles. The van der Waals surface area contributed by atoms with Crippen molar-refractivity contribution in [2.45, 2.75) is 88.6 Å². The fourth-order valence-corrected chi connectivity index (χ4v) is 10.1. The fraction of sp³-hybridized carbons (Fsp3) is 0.220. The van der Waals surface area contributed by atoms with Gasteiger partial charge in [0.05, 0.1) is 34.0 Å². The number of anilines is 1. The van der Waals surface area contributed by atoms with Crippen molar-refractivity contribution in [1.82, 2.24) is 19.9 Å². The topological polar surface area (TPSA) is 77.1 Å². The summed E-state index contributed by atoms with van der Waals surface area (Å²) >= 11 is 0. The summed E-state index contributed by atoms with van der Waals surface area (Å²) in [5.74, 6) is 0. The fourth-order valence-electron chi connectivity index (χ4n) is 10.1. The molecule has 7 heteroatoms. The second kappa shape index (κ2) is 17.8. The van der Waals surface area contributed by atoms with E-state index < -0.39 is 5.54 Å². The zero-order valence-electron chi connectivity index (χ0n) is 40.4. The van der Waals surface area contributed by atoms with Crippen LogP contribution in [0.4, 0.5) is 5.69 Å². The molecule has 5 heterocycles. The van der Waals surface area contributed by atoms with Gasteiger partial charge in [-0.2, -0.15) is 0 Å². The molecule has 0 amide bonds. The van der Waals surface area contributed by atoms with Gasteiger partial charge in [-0.05, 0) is 197 Å². The number of benzene rings is 4. The Morgan fingerprint density at radius 3 is 1.15 bits per heavy atom. The third-order valence-electron chi connectivity index (χ3n) is 12.6. The van der Waals surface area contributed by atoms with Crippen molar-refractivity contribution in [2.24, 2.45) is 0 Å². The summed E-state index contributed by atoms with van der Waals surface area (Å²) < 4.78 is 0. The molecule has 0 saturated carbocycles. The standard InChI is InChI=1S/C59H56N5O.Zn/c1-33-27-36(4)53(37(5)28-33)56-47-21-19-45(60-47)44(18-15-42-13-16-43(17-14-42)64(65)59(10,11)12)46-20-22-48(61-46)57(54-38(6)29-34(2)30-39(54)7)50-24-26-52(63-50)58(51-25-23-49(56)62-51)55-40(8)31-35(3)32-41(55)9;/h13-32H,1-12H3;/q-2;+2/b18-15+,45-44?,46-44?,56-47?,56-49?,57-48?,57-50?,58-51?,58-52?;. The van der Waals surface area contributed by atoms with Gasteiger partial charge in [-0.25, -0.2) is 15.0 Å². The van der Waals surface area contributed by atoms with Gasteiger partial charge in [0.2, 0.25) is 0 Å². The summed E-state index contributed by atoms with van der Waals surface area (Å²) in [6.07, 6.45) is 12.7. The zero-order chi connectivity index (χ0) is 46.1. The summed E-state index contributed by atoms with van der Waals surface area (Å²) in [7, 11) is 0. The van der Waals surface area contributed by atoms with E-state index in [4.69, 9.17) is 19.9 Å². The monoisotopic (exact) mass is 914 g/mol. The molecule has 8 bridgehead atoms. The Balaban J connectivity index is 0.00000592. The smallest absolute Gasteiger partial charge is 0.657 e. The van der Waals surface area contributed by atoms with Crippen molar-refractivity contribution >= 4 is 64.2 Å². The Morgan fingerprint density at radius 1 is 0.439 bits per heavy atom. The molecular weight excluding hydrogens is 860 g/mol. The predicted molar refractivity (Wildman–Crippen MR) is 274 cm³/mol. The van der Waals surface area contributed by atoms with Crippen molar-refractivity contribution in [3.63, 3.8) is 0 Å². The Hall–Kier alpha value is -6.40. The average Bonchev–Trinajstić information content (AvgIpc) is 4.07. The van der Waals surface area contributed by atoms with Crippen molar-refractivity contribution in [1.29, 1.82) is 0 Å². The van der Waals surface area contributed by atoms with E-state index >= 15 is 0 Å². The van der Waals surface area contributed by atoms with Crippen LogP contribution < -0.4 is 15.0 Å². The number of hydrogen-bond acceptors (Lipinski definition) is 3. The van der Waals surface area contributed by atoms with E-state index in [9.17, 15) is 5.21 Å². The largest absolute Gasteiger partial charge is 2.00 e. The van der Waals surface area contributed by atoms with Crippen molar-refractivity contribution < 1.29 is 24.7 Å². The first kappa shape index (κ1) is 46.1. The molecule has 1 radical (unpaired) electrons. The molecule has 3 aromatic heterocycles.